The maximum absolute atomic E-state index is 12.7. The van der Waals surface area contributed by atoms with Crippen molar-refractivity contribution in [2.24, 2.45) is 0 Å². The standard InChI is InChI=1S/C12H13F3O3/c13-12(14,15)9-3-1-2-8(10(9)16)11(17)4-6-18-7-5-11/h1-3,16-17H,4-7H2. The Bertz CT molecular complexity index is 437. The number of hydrogen-bond acceptors (Lipinski definition) is 3. The van der Waals surface area contributed by atoms with E-state index in [0.717, 1.165) is 6.07 Å². The maximum atomic E-state index is 12.7. The molecule has 1 fully saturated rings. The largest absolute Gasteiger partial charge is 0.507 e. The van der Waals surface area contributed by atoms with Crippen LogP contribution in [0.15, 0.2) is 18.2 Å². The number of alkyl halides is 3. The molecule has 6 heteroatoms. The summed E-state index contributed by atoms with van der Waals surface area (Å²) in [6.07, 6.45) is -4.30. The summed E-state index contributed by atoms with van der Waals surface area (Å²) in [4.78, 5) is 0. The van der Waals surface area contributed by atoms with Crippen LogP contribution in [0.1, 0.15) is 24.0 Å². The van der Waals surface area contributed by atoms with Crippen molar-refractivity contribution in [2.45, 2.75) is 24.6 Å². The molecule has 0 saturated carbocycles. The van der Waals surface area contributed by atoms with Gasteiger partial charge in [-0.25, -0.2) is 0 Å². The molecule has 1 saturated heterocycles. The van der Waals surface area contributed by atoms with E-state index in [2.05, 4.69) is 0 Å². The Balaban J connectivity index is 2.45. The third-order valence-corrected chi connectivity index (χ3v) is 3.16. The minimum absolute atomic E-state index is 0.0828. The average Bonchev–Trinajstić information content (AvgIpc) is 2.28. The Kier molecular flexibility index (Phi) is 3.25. The predicted octanol–water partition coefficient (Wildman–Crippen LogP) is 2.41. The van der Waals surface area contributed by atoms with E-state index >= 15 is 0 Å². The van der Waals surface area contributed by atoms with Gasteiger partial charge < -0.3 is 14.9 Å². The van der Waals surface area contributed by atoms with Crippen molar-refractivity contribution < 1.29 is 28.1 Å². The SMILES string of the molecule is Oc1c(C(F)(F)F)cccc1C1(O)CCOCC1. The number of rotatable bonds is 1. The molecule has 0 unspecified atom stereocenters. The summed E-state index contributed by atoms with van der Waals surface area (Å²) >= 11 is 0. The van der Waals surface area contributed by atoms with E-state index in [1.54, 1.807) is 0 Å². The highest BCUT2D eigenvalue weighted by Gasteiger charge is 2.40. The highest BCUT2D eigenvalue weighted by atomic mass is 19.4. The van der Waals surface area contributed by atoms with Crippen LogP contribution in [0.3, 0.4) is 0 Å². The van der Waals surface area contributed by atoms with E-state index in [4.69, 9.17) is 4.74 Å². The van der Waals surface area contributed by atoms with Gasteiger partial charge in [-0.2, -0.15) is 13.2 Å². The maximum Gasteiger partial charge on any atom is 0.419 e. The smallest absolute Gasteiger partial charge is 0.419 e. The van der Waals surface area contributed by atoms with Gasteiger partial charge in [-0.05, 0) is 6.07 Å². The second kappa shape index (κ2) is 4.44. The highest BCUT2D eigenvalue weighted by Crippen LogP contribution is 2.43. The van der Waals surface area contributed by atoms with E-state index in [9.17, 15) is 23.4 Å². The van der Waals surface area contributed by atoms with E-state index < -0.39 is 23.1 Å². The molecule has 0 radical (unpaired) electrons. The number of phenolic OH excluding ortho intramolecular Hbond substituents is 1. The third-order valence-electron chi connectivity index (χ3n) is 3.16. The van der Waals surface area contributed by atoms with Crippen molar-refractivity contribution in [1.29, 1.82) is 0 Å². The monoisotopic (exact) mass is 262 g/mol. The number of halogens is 3. The van der Waals surface area contributed by atoms with E-state index in [0.29, 0.717) is 0 Å². The molecular formula is C12H13F3O3. The molecule has 2 N–H and O–H groups in total. The molecule has 0 atom stereocenters. The molecule has 100 valence electrons. The molecule has 1 aromatic rings. The molecule has 1 aliphatic rings. The molecule has 3 nitrogen and oxygen atoms in total. The summed E-state index contributed by atoms with van der Waals surface area (Å²) in [5.41, 5.74) is -2.66. The zero-order chi connectivity index (χ0) is 13.4. The molecule has 18 heavy (non-hydrogen) atoms. The van der Waals surface area contributed by atoms with Gasteiger partial charge in [0.2, 0.25) is 0 Å². The van der Waals surface area contributed by atoms with Gasteiger partial charge in [-0.3, -0.25) is 0 Å². The van der Waals surface area contributed by atoms with E-state index in [-0.39, 0.29) is 31.6 Å². The van der Waals surface area contributed by atoms with Gasteiger partial charge in [0.25, 0.3) is 0 Å². The summed E-state index contributed by atoms with van der Waals surface area (Å²) < 4.78 is 43.0. The van der Waals surface area contributed by atoms with Crippen LogP contribution in [-0.2, 0) is 16.5 Å². The lowest BCUT2D eigenvalue weighted by molar-refractivity contribution is -0.139. The van der Waals surface area contributed by atoms with Crippen LogP contribution in [-0.4, -0.2) is 23.4 Å². The molecule has 0 spiro atoms. The summed E-state index contributed by atoms with van der Waals surface area (Å²) in [5.74, 6) is -0.894. The highest BCUT2D eigenvalue weighted by molar-refractivity contribution is 5.45. The van der Waals surface area contributed by atoms with Crippen LogP contribution in [0.25, 0.3) is 0 Å². The summed E-state index contributed by atoms with van der Waals surface area (Å²) in [6, 6.07) is 3.29. The van der Waals surface area contributed by atoms with Crippen molar-refractivity contribution in [2.75, 3.05) is 13.2 Å². The van der Waals surface area contributed by atoms with Crippen molar-refractivity contribution in [1.82, 2.24) is 0 Å². The van der Waals surface area contributed by atoms with Crippen molar-refractivity contribution in [3.05, 3.63) is 29.3 Å². The fourth-order valence-electron chi connectivity index (χ4n) is 2.13. The lowest BCUT2D eigenvalue weighted by Gasteiger charge is -2.33. The molecule has 1 aliphatic heterocycles. The molecule has 1 heterocycles. The van der Waals surface area contributed by atoms with Crippen molar-refractivity contribution >= 4 is 0 Å². The van der Waals surface area contributed by atoms with E-state index in [1.165, 1.54) is 12.1 Å². The topological polar surface area (TPSA) is 49.7 Å². The number of aliphatic hydroxyl groups is 1. The van der Waals surface area contributed by atoms with Crippen molar-refractivity contribution in [3.8, 4) is 5.75 Å². The predicted molar refractivity (Wildman–Crippen MR) is 57.1 cm³/mol. The van der Waals surface area contributed by atoms with Crippen LogP contribution in [0.5, 0.6) is 5.75 Å². The first-order valence-corrected chi connectivity index (χ1v) is 5.54. The number of aromatic hydroxyl groups is 1. The van der Waals surface area contributed by atoms with Crippen molar-refractivity contribution in [3.63, 3.8) is 0 Å². The van der Waals surface area contributed by atoms with Gasteiger partial charge in [-0.1, -0.05) is 12.1 Å². The quantitative estimate of drug-likeness (QED) is 0.817. The summed E-state index contributed by atoms with van der Waals surface area (Å²) in [7, 11) is 0. The van der Waals surface area contributed by atoms with Gasteiger partial charge in [0.1, 0.15) is 5.75 Å². The van der Waals surface area contributed by atoms with Crippen LogP contribution in [0.4, 0.5) is 13.2 Å². The fourth-order valence-corrected chi connectivity index (χ4v) is 2.13. The minimum atomic E-state index is -4.64. The number of hydrogen-bond donors (Lipinski definition) is 2. The molecular weight excluding hydrogens is 249 g/mol. The Morgan fingerprint density at radius 2 is 1.78 bits per heavy atom. The number of benzene rings is 1. The molecule has 0 amide bonds. The zero-order valence-electron chi connectivity index (χ0n) is 9.50. The van der Waals surface area contributed by atoms with Gasteiger partial charge in [0.15, 0.2) is 0 Å². The first kappa shape index (κ1) is 13.2. The van der Waals surface area contributed by atoms with Crippen LogP contribution in [0.2, 0.25) is 0 Å². The third kappa shape index (κ3) is 2.30. The summed E-state index contributed by atoms with van der Waals surface area (Å²) in [5, 5.41) is 20.0. The molecule has 2 rings (SSSR count). The first-order valence-electron chi connectivity index (χ1n) is 5.54. The minimum Gasteiger partial charge on any atom is -0.507 e. The normalized spacial score (nSPS) is 19.8. The fraction of sp³-hybridized carbons (Fsp3) is 0.500. The average molecular weight is 262 g/mol. The van der Waals surface area contributed by atoms with Crippen LogP contribution >= 0.6 is 0 Å². The zero-order valence-corrected chi connectivity index (χ0v) is 9.50. The Morgan fingerprint density at radius 1 is 1.17 bits per heavy atom. The Labute approximate surface area is 102 Å². The molecule has 0 aliphatic carbocycles. The Hall–Kier alpha value is -1.27. The Morgan fingerprint density at radius 3 is 2.33 bits per heavy atom. The number of ether oxygens (including phenoxy) is 1. The van der Waals surface area contributed by atoms with E-state index in [1.807, 2.05) is 0 Å². The lowest BCUT2D eigenvalue weighted by Crippen LogP contribution is -2.33. The summed E-state index contributed by atoms with van der Waals surface area (Å²) in [6.45, 7) is 0.512. The molecule has 1 aromatic carbocycles. The van der Waals surface area contributed by atoms with Gasteiger partial charge >= 0.3 is 6.18 Å². The first-order chi connectivity index (χ1) is 8.34. The van der Waals surface area contributed by atoms with Gasteiger partial charge in [-0.15, -0.1) is 0 Å². The number of phenols is 1. The molecule has 0 aromatic heterocycles. The lowest BCUT2D eigenvalue weighted by atomic mass is 9.85. The molecule has 0 bridgehead atoms. The van der Waals surface area contributed by atoms with Crippen LogP contribution < -0.4 is 0 Å². The second-order valence-corrected chi connectivity index (χ2v) is 4.34. The van der Waals surface area contributed by atoms with Gasteiger partial charge in [0, 0.05) is 31.6 Å². The van der Waals surface area contributed by atoms with Crippen LogP contribution in [0, 0.1) is 0 Å². The van der Waals surface area contributed by atoms with Gasteiger partial charge in [0.05, 0.1) is 11.2 Å². The second-order valence-electron chi connectivity index (χ2n) is 4.34. The number of para-hydroxylation sites is 1.